The van der Waals surface area contributed by atoms with Gasteiger partial charge in [-0.2, -0.15) is 0 Å². The summed E-state index contributed by atoms with van der Waals surface area (Å²) in [6.45, 7) is 6.69. The molecule has 0 radical (unpaired) electrons. The van der Waals surface area contributed by atoms with E-state index in [1.54, 1.807) is 24.3 Å². The monoisotopic (exact) mass is 353 g/mol. The number of hydrogen-bond acceptors (Lipinski definition) is 3. The van der Waals surface area contributed by atoms with Crippen molar-refractivity contribution in [3.05, 3.63) is 53.6 Å². The summed E-state index contributed by atoms with van der Waals surface area (Å²) in [6, 6.07) is 12.6. The van der Waals surface area contributed by atoms with Crippen LogP contribution in [0, 0.1) is 13.8 Å². The topological polar surface area (TPSA) is 78.5 Å². The molecule has 2 N–H and O–H groups in total. The van der Waals surface area contributed by atoms with E-state index in [0.29, 0.717) is 17.1 Å². The molecule has 0 heterocycles. The van der Waals surface area contributed by atoms with Gasteiger partial charge in [0.15, 0.2) is 0 Å². The van der Waals surface area contributed by atoms with Crippen LogP contribution in [0.3, 0.4) is 0 Å². The Morgan fingerprint density at radius 2 is 1.35 bits per heavy atom. The Hall–Kier alpha value is -3.15. The van der Waals surface area contributed by atoms with E-state index in [2.05, 4.69) is 10.6 Å². The molecule has 0 unspecified atom stereocenters. The minimum atomic E-state index is -0.299. The molecule has 6 heteroatoms. The molecular formula is C20H23N3O3. The van der Waals surface area contributed by atoms with Crippen molar-refractivity contribution in [3.8, 4) is 0 Å². The first kappa shape index (κ1) is 19.2. The second-order valence-corrected chi connectivity index (χ2v) is 6.26. The van der Waals surface area contributed by atoms with Gasteiger partial charge in [0.2, 0.25) is 17.7 Å². The summed E-state index contributed by atoms with van der Waals surface area (Å²) in [5, 5.41) is 5.42. The average Bonchev–Trinajstić information content (AvgIpc) is 2.52. The largest absolute Gasteiger partial charge is 0.326 e. The number of hydrogen-bond donors (Lipinski definition) is 2. The van der Waals surface area contributed by atoms with Crippen molar-refractivity contribution in [2.45, 2.75) is 27.7 Å². The maximum Gasteiger partial charge on any atom is 0.244 e. The Morgan fingerprint density at radius 1 is 0.846 bits per heavy atom. The summed E-state index contributed by atoms with van der Waals surface area (Å²) in [7, 11) is 0. The van der Waals surface area contributed by atoms with Crippen LogP contribution >= 0.6 is 0 Å². The van der Waals surface area contributed by atoms with Crippen LogP contribution in [0.4, 0.5) is 17.1 Å². The van der Waals surface area contributed by atoms with E-state index in [1.165, 1.54) is 18.7 Å². The molecule has 2 aromatic carbocycles. The second-order valence-electron chi connectivity index (χ2n) is 6.26. The molecule has 3 amide bonds. The van der Waals surface area contributed by atoms with Crippen LogP contribution in [0.2, 0.25) is 0 Å². The summed E-state index contributed by atoms with van der Waals surface area (Å²) < 4.78 is 0. The van der Waals surface area contributed by atoms with E-state index in [4.69, 9.17) is 0 Å². The zero-order chi connectivity index (χ0) is 19.3. The van der Waals surface area contributed by atoms with Crippen molar-refractivity contribution in [1.29, 1.82) is 0 Å². The highest BCUT2D eigenvalue weighted by Crippen LogP contribution is 2.19. The lowest BCUT2D eigenvalue weighted by atomic mass is 10.1. The third-order valence-corrected chi connectivity index (χ3v) is 3.69. The van der Waals surface area contributed by atoms with Crippen molar-refractivity contribution in [2.75, 3.05) is 22.1 Å². The minimum absolute atomic E-state index is 0.0777. The summed E-state index contributed by atoms with van der Waals surface area (Å²) in [5.41, 5.74) is 4.00. The lowest BCUT2D eigenvalue weighted by molar-refractivity contribution is -0.120. The number of carbonyl (C=O) groups is 3. The molecule has 26 heavy (non-hydrogen) atoms. The molecule has 136 valence electrons. The van der Waals surface area contributed by atoms with Gasteiger partial charge in [-0.05, 0) is 61.4 Å². The van der Waals surface area contributed by atoms with Gasteiger partial charge in [-0.3, -0.25) is 14.4 Å². The molecule has 0 aromatic heterocycles. The number of nitrogens with zero attached hydrogens (tertiary/aromatic N) is 1. The Kier molecular flexibility index (Phi) is 6.11. The van der Waals surface area contributed by atoms with E-state index >= 15 is 0 Å². The van der Waals surface area contributed by atoms with Crippen LogP contribution in [0.5, 0.6) is 0 Å². The second kappa shape index (κ2) is 8.29. The first-order valence-electron chi connectivity index (χ1n) is 8.28. The minimum Gasteiger partial charge on any atom is -0.326 e. The van der Waals surface area contributed by atoms with Gasteiger partial charge in [0.05, 0.1) is 0 Å². The predicted molar refractivity (Wildman–Crippen MR) is 103 cm³/mol. The van der Waals surface area contributed by atoms with Crippen LogP contribution in [0.25, 0.3) is 0 Å². The van der Waals surface area contributed by atoms with Gasteiger partial charge in [0, 0.05) is 30.9 Å². The third kappa shape index (κ3) is 5.44. The Balaban J connectivity index is 2.08. The Bertz CT molecular complexity index is 808. The molecule has 0 saturated carbocycles. The van der Waals surface area contributed by atoms with Crippen molar-refractivity contribution < 1.29 is 14.4 Å². The van der Waals surface area contributed by atoms with Gasteiger partial charge in [-0.15, -0.1) is 0 Å². The molecule has 6 nitrogen and oxygen atoms in total. The van der Waals surface area contributed by atoms with Crippen LogP contribution < -0.4 is 15.5 Å². The van der Waals surface area contributed by atoms with Gasteiger partial charge in [0.1, 0.15) is 6.54 Å². The zero-order valence-corrected chi connectivity index (χ0v) is 15.4. The van der Waals surface area contributed by atoms with Gasteiger partial charge < -0.3 is 15.5 Å². The summed E-state index contributed by atoms with van der Waals surface area (Å²) in [6.07, 6.45) is 0. The van der Waals surface area contributed by atoms with E-state index in [1.807, 2.05) is 32.0 Å². The van der Waals surface area contributed by atoms with E-state index in [9.17, 15) is 14.4 Å². The van der Waals surface area contributed by atoms with E-state index in [-0.39, 0.29) is 24.3 Å². The maximum absolute atomic E-state index is 12.4. The van der Waals surface area contributed by atoms with Crippen molar-refractivity contribution in [3.63, 3.8) is 0 Å². The smallest absolute Gasteiger partial charge is 0.244 e. The predicted octanol–water partition coefficient (Wildman–Crippen LogP) is 3.25. The fourth-order valence-electron chi connectivity index (χ4n) is 2.68. The van der Waals surface area contributed by atoms with Crippen molar-refractivity contribution in [2.24, 2.45) is 0 Å². The first-order valence-corrected chi connectivity index (χ1v) is 8.28. The van der Waals surface area contributed by atoms with E-state index < -0.39 is 0 Å². The van der Waals surface area contributed by atoms with Crippen LogP contribution in [-0.2, 0) is 14.4 Å². The molecule has 0 saturated heterocycles. The molecular weight excluding hydrogens is 330 g/mol. The normalized spacial score (nSPS) is 10.2. The standard InChI is InChI=1S/C20H23N3O3/c1-13-9-14(2)11-19(10-13)23(16(4)25)12-20(26)22-18-7-5-17(6-8-18)21-15(3)24/h5-11H,12H2,1-4H3,(H,21,24)(H,22,26). The van der Waals surface area contributed by atoms with Crippen LogP contribution in [-0.4, -0.2) is 24.3 Å². The number of nitrogens with one attached hydrogen (secondary N) is 2. The SMILES string of the molecule is CC(=O)Nc1ccc(NC(=O)CN(C(C)=O)c2cc(C)cc(C)c2)cc1. The number of rotatable bonds is 5. The number of benzene rings is 2. The maximum atomic E-state index is 12.4. The lowest BCUT2D eigenvalue weighted by Crippen LogP contribution is -2.36. The summed E-state index contributed by atoms with van der Waals surface area (Å²) >= 11 is 0. The van der Waals surface area contributed by atoms with Gasteiger partial charge in [0.25, 0.3) is 0 Å². The quantitative estimate of drug-likeness (QED) is 0.866. The molecule has 2 rings (SSSR count). The molecule has 0 fully saturated rings. The number of anilines is 3. The lowest BCUT2D eigenvalue weighted by Gasteiger charge is -2.21. The zero-order valence-electron chi connectivity index (χ0n) is 15.4. The van der Waals surface area contributed by atoms with E-state index in [0.717, 1.165) is 11.1 Å². The number of aryl methyl sites for hydroxylation is 2. The molecule has 0 aliphatic carbocycles. The fourth-order valence-corrected chi connectivity index (χ4v) is 2.68. The highest BCUT2D eigenvalue weighted by atomic mass is 16.2. The molecule has 2 aromatic rings. The van der Waals surface area contributed by atoms with Gasteiger partial charge in [-0.1, -0.05) is 6.07 Å². The summed E-state index contributed by atoms with van der Waals surface area (Å²) in [5.74, 6) is -0.662. The van der Waals surface area contributed by atoms with Crippen molar-refractivity contribution in [1.82, 2.24) is 0 Å². The number of carbonyl (C=O) groups excluding carboxylic acids is 3. The third-order valence-electron chi connectivity index (χ3n) is 3.69. The van der Waals surface area contributed by atoms with Gasteiger partial charge >= 0.3 is 0 Å². The highest BCUT2D eigenvalue weighted by molar-refractivity contribution is 6.02. The molecule has 0 atom stereocenters. The molecule has 0 bridgehead atoms. The van der Waals surface area contributed by atoms with Crippen molar-refractivity contribution >= 4 is 34.8 Å². The fraction of sp³-hybridized carbons (Fsp3) is 0.250. The highest BCUT2D eigenvalue weighted by Gasteiger charge is 2.16. The Labute approximate surface area is 153 Å². The first-order chi connectivity index (χ1) is 12.2. The average molecular weight is 353 g/mol. The Morgan fingerprint density at radius 3 is 1.81 bits per heavy atom. The van der Waals surface area contributed by atoms with Gasteiger partial charge in [-0.25, -0.2) is 0 Å². The number of amides is 3. The van der Waals surface area contributed by atoms with Crippen LogP contribution in [0.1, 0.15) is 25.0 Å². The molecule has 0 aliphatic rings. The summed E-state index contributed by atoms with van der Waals surface area (Å²) in [4.78, 5) is 36.8. The van der Waals surface area contributed by atoms with Crippen LogP contribution in [0.15, 0.2) is 42.5 Å². The molecule has 0 spiro atoms. The molecule has 0 aliphatic heterocycles.